The molecule has 0 amide bonds. The molecule has 0 aliphatic carbocycles. The maximum atomic E-state index is 6.06. The summed E-state index contributed by atoms with van der Waals surface area (Å²) in [5, 5.41) is 14.8. The van der Waals surface area contributed by atoms with E-state index in [0.717, 1.165) is 16.3 Å². The molecule has 1 aromatic heterocycles. The highest BCUT2D eigenvalue weighted by molar-refractivity contribution is 6.34. The van der Waals surface area contributed by atoms with Crippen molar-refractivity contribution in [2.45, 2.75) is 0 Å². The van der Waals surface area contributed by atoms with E-state index < -0.39 is 0 Å². The predicted octanol–water partition coefficient (Wildman–Crippen LogP) is 4.38. The number of hydrazone groups is 1. The maximum Gasteiger partial charge on any atom is 0.176 e. The number of rotatable bonds is 3. The number of benzene rings is 2. The molecule has 0 saturated heterocycles. The van der Waals surface area contributed by atoms with Gasteiger partial charge in [-0.3, -0.25) is 5.43 Å². The third-order valence-electron chi connectivity index (χ3n) is 2.92. The Kier molecular flexibility index (Phi) is 3.99. The largest absolute Gasteiger partial charge is 0.259 e. The van der Waals surface area contributed by atoms with Gasteiger partial charge in [0.1, 0.15) is 0 Å². The summed E-state index contributed by atoms with van der Waals surface area (Å²) in [5.74, 6) is 0.540. The molecule has 21 heavy (non-hydrogen) atoms. The van der Waals surface area contributed by atoms with Gasteiger partial charge in [-0.15, -0.1) is 10.2 Å². The summed E-state index contributed by atoms with van der Waals surface area (Å²) < 4.78 is 0. The van der Waals surface area contributed by atoms with Crippen molar-refractivity contribution in [2.24, 2.45) is 5.10 Å². The molecule has 4 nitrogen and oxygen atoms in total. The number of aromatic nitrogens is 2. The number of fused-ring (bicyclic) bond motifs is 1. The van der Waals surface area contributed by atoms with E-state index in [1.165, 1.54) is 0 Å². The van der Waals surface area contributed by atoms with Gasteiger partial charge in [-0.05, 0) is 6.07 Å². The normalized spacial score (nSPS) is 11.1. The Morgan fingerprint density at radius 2 is 1.62 bits per heavy atom. The second-order valence-corrected chi connectivity index (χ2v) is 5.04. The van der Waals surface area contributed by atoms with Gasteiger partial charge in [-0.25, -0.2) is 0 Å². The molecule has 0 aliphatic rings. The van der Waals surface area contributed by atoms with E-state index in [-0.39, 0.29) is 0 Å². The van der Waals surface area contributed by atoms with Crippen LogP contribution < -0.4 is 5.43 Å². The third-order valence-corrected chi connectivity index (χ3v) is 3.54. The molecule has 0 spiro atoms. The van der Waals surface area contributed by atoms with E-state index in [9.17, 15) is 0 Å². The van der Waals surface area contributed by atoms with Gasteiger partial charge >= 0.3 is 0 Å². The van der Waals surface area contributed by atoms with Crippen LogP contribution in [0.25, 0.3) is 10.8 Å². The molecule has 3 aromatic rings. The second-order valence-electron chi connectivity index (χ2n) is 4.28. The Morgan fingerprint density at radius 3 is 2.43 bits per heavy atom. The molecule has 0 fully saturated rings. The summed E-state index contributed by atoms with van der Waals surface area (Å²) in [6.45, 7) is 0. The molecule has 1 N–H and O–H groups in total. The van der Waals surface area contributed by atoms with Crippen LogP contribution in [0, 0.1) is 0 Å². The molecule has 0 saturated carbocycles. The van der Waals surface area contributed by atoms with Crippen LogP contribution in [0.15, 0.2) is 53.6 Å². The van der Waals surface area contributed by atoms with Crippen molar-refractivity contribution >= 4 is 46.0 Å². The predicted molar refractivity (Wildman–Crippen MR) is 87.2 cm³/mol. The minimum atomic E-state index is 0.367. The zero-order valence-electron chi connectivity index (χ0n) is 10.8. The van der Waals surface area contributed by atoms with Crippen LogP contribution >= 0.6 is 23.2 Å². The van der Waals surface area contributed by atoms with Crippen LogP contribution in [0.3, 0.4) is 0 Å². The van der Waals surface area contributed by atoms with Crippen molar-refractivity contribution in [1.29, 1.82) is 0 Å². The Hall–Kier alpha value is -2.17. The molecule has 0 atom stereocenters. The van der Waals surface area contributed by atoms with Crippen molar-refractivity contribution in [1.82, 2.24) is 10.2 Å². The molecule has 104 valence electrons. The summed E-state index contributed by atoms with van der Waals surface area (Å²) in [6, 6.07) is 15.0. The van der Waals surface area contributed by atoms with Crippen LogP contribution in [0.4, 0.5) is 5.82 Å². The number of nitrogens with one attached hydrogen (secondary N) is 1. The molecule has 6 heteroatoms. The second kappa shape index (κ2) is 6.08. The van der Waals surface area contributed by atoms with Crippen LogP contribution in [0.2, 0.25) is 10.2 Å². The molecule has 1 heterocycles. The minimum absolute atomic E-state index is 0.367. The summed E-state index contributed by atoms with van der Waals surface area (Å²) in [6.07, 6.45) is 1.63. The molecular formula is C15H10Cl2N4. The molecule has 0 bridgehead atoms. The number of hydrogen-bond acceptors (Lipinski definition) is 4. The summed E-state index contributed by atoms with van der Waals surface area (Å²) in [7, 11) is 0. The highest BCUT2D eigenvalue weighted by atomic mass is 35.5. The quantitative estimate of drug-likeness (QED) is 0.576. The van der Waals surface area contributed by atoms with Crippen molar-refractivity contribution in [3.63, 3.8) is 0 Å². The Bertz CT molecular complexity index is 818. The fraction of sp³-hybridized carbons (Fsp3) is 0. The molecule has 0 unspecified atom stereocenters. The average molecular weight is 317 g/mol. The monoisotopic (exact) mass is 316 g/mol. The van der Waals surface area contributed by atoms with Gasteiger partial charge in [0.2, 0.25) is 0 Å². The van der Waals surface area contributed by atoms with E-state index in [1.807, 2.05) is 42.5 Å². The maximum absolute atomic E-state index is 6.06. The SMILES string of the molecule is Clc1ccccc1C=NNc1nnc(Cl)c2ccccc12. The lowest BCUT2D eigenvalue weighted by Crippen LogP contribution is -1.97. The summed E-state index contributed by atoms with van der Waals surface area (Å²) in [5.41, 5.74) is 3.69. The first kappa shape index (κ1) is 13.8. The molecular weight excluding hydrogens is 307 g/mol. The lowest BCUT2D eigenvalue weighted by atomic mass is 10.2. The first-order valence-electron chi connectivity index (χ1n) is 6.20. The Labute approximate surface area is 131 Å². The lowest BCUT2D eigenvalue weighted by molar-refractivity contribution is 1.04. The van der Waals surface area contributed by atoms with Crippen LogP contribution in [-0.2, 0) is 0 Å². The molecule has 0 aliphatic heterocycles. The van der Waals surface area contributed by atoms with Crippen molar-refractivity contribution in [3.8, 4) is 0 Å². The van der Waals surface area contributed by atoms with E-state index in [0.29, 0.717) is 16.0 Å². The number of anilines is 1. The van der Waals surface area contributed by atoms with E-state index >= 15 is 0 Å². The highest BCUT2D eigenvalue weighted by Crippen LogP contribution is 2.25. The number of halogens is 2. The van der Waals surface area contributed by atoms with Crippen LogP contribution in [0.5, 0.6) is 0 Å². The number of hydrogen-bond donors (Lipinski definition) is 1. The summed E-state index contributed by atoms with van der Waals surface area (Å²) in [4.78, 5) is 0. The Morgan fingerprint density at radius 1 is 0.905 bits per heavy atom. The van der Waals surface area contributed by atoms with Gasteiger partial charge in [0, 0.05) is 21.4 Å². The van der Waals surface area contributed by atoms with E-state index in [1.54, 1.807) is 12.3 Å². The fourth-order valence-corrected chi connectivity index (χ4v) is 2.28. The van der Waals surface area contributed by atoms with Gasteiger partial charge in [0.25, 0.3) is 0 Å². The van der Waals surface area contributed by atoms with Crippen molar-refractivity contribution in [3.05, 3.63) is 64.3 Å². The molecule has 2 aromatic carbocycles. The molecule has 3 rings (SSSR count). The van der Waals surface area contributed by atoms with E-state index in [2.05, 4.69) is 20.7 Å². The first-order valence-corrected chi connectivity index (χ1v) is 6.96. The zero-order chi connectivity index (χ0) is 14.7. The van der Waals surface area contributed by atoms with E-state index in [4.69, 9.17) is 23.2 Å². The number of nitrogens with zero attached hydrogens (tertiary/aromatic N) is 3. The Balaban J connectivity index is 1.89. The van der Waals surface area contributed by atoms with Crippen LogP contribution in [0.1, 0.15) is 5.56 Å². The lowest BCUT2D eigenvalue weighted by Gasteiger charge is -2.04. The van der Waals surface area contributed by atoms with Crippen LogP contribution in [-0.4, -0.2) is 16.4 Å². The minimum Gasteiger partial charge on any atom is -0.259 e. The first-order chi connectivity index (χ1) is 10.3. The smallest absolute Gasteiger partial charge is 0.176 e. The average Bonchev–Trinajstić information content (AvgIpc) is 2.52. The van der Waals surface area contributed by atoms with Gasteiger partial charge in [-0.2, -0.15) is 5.10 Å². The standard InChI is InChI=1S/C15H10Cl2N4/c16-13-8-4-1-5-10(13)9-18-20-15-12-7-3-2-6-11(12)14(17)19-21-15/h1-9H,(H,20,21). The topological polar surface area (TPSA) is 50.2 Å². The van der Waals surface area contributed by atoms with Gasteiger partial charge in [-0.1, -0.05) is 65.7 Å². The summed E-state index contributed by atoms with van der Waals surface area (Å²) >= 11 is 12.1. The zero-order valence-corrected chi connectivity index (χ0v) is 12.3. The van der Waals surface area contributed by atoms with Gasteiger partial charge in [0.05, 0.1) is 6.21 Å². The fourth-order valence-electron chi connectivity index (χ4n) is 1.90. The third kappa shape index (κ3) is 2.96. The van der Waals surface area contributed by atoms with Gasteiger partial charge < -0.3 is 0 Å². The van der Waals surface area contributed by atoms with Crippen molar-refractivity contribution < 1.29 is 0 Å². The molecule has 0 radical (unpaired) electrons. The van der Waals surface area contributed by atoms with Gasteiger partial charge in [0.15, 0.2) is 11.0 Å². The highest BCUT2D eigenvalue weighted by Gasteiger charge is 2.06. The van der Waals surface area contributed by atoms with Crippen molar-refractivity contribution in [2.75, 3.05) is 5.43 Å².